The fraction of sp³-hybridized carbons (Fsp3) is 0.250. The van der Waals surface area contributed by atoms with E-state index in [1.807, 2.05) is 44.2 Å². The highest BCUT2D eigenvalue weighted by molar-refractivity contribution is 5.75. The maximum atomic E-state index is 5.96. The van der Waals surface area contributed by atoms with Crippen molar-refractivity contribution in [1.82, 2.24) is 0 Å². The first kappa shape index (κ1) is 11.9. The standard InChI is InChI=1S/C16H16O3/c1-10-5-6-11-7-12-14(8-13(11)18-10)19-16(2,3)9-15(12)17-4/h5-9H,1H2,2-4H3. The zero-order valence-corrected chi connectivity index (χ0v) is 11.3. The molecule has 0 aliphatic carbocycles. The van der Waals surface area contributed by atoms with Crippen LogP contribution in [0.3, 0.4) is 0 Å². The van der Waals surface area contributed by atoms with Gasteiger partial charge < -0.3 is 14.2 Å². The molecule has 2 heterocycles. The lowest BCUT2D eigenvalue weighted by atomic mass is 9.98. The van der Waals surface area contributed by atoms with E-state index in [2.05, 4.69) is 6.58 Å². The second-order valence-corrected chi connectivity index (χ2v) is 5.21. The van der Waals surface area contributed by atoms with E-state index in [0.29, 0.717) is 5.76 Å². The maximum Gasteiger partial charge on any atom is 0.138 e. The van der Waals surface area contributed by atoms with Crippen molar-refractivity contribution in [2.24, 2.45) is 0 Å². The average Bonchev–Trinajstić information content (AvgIpc) is 2.34. The monoisotopic (exact) mass is 256 g/mol. The quantitative estimate of drug-likeness (QED) is 0.765. The van der Waals surface area contributed by atoms with Crippen LogP contribution in [-0.2, 0) is 4.74 Å². The number of hydrogen-bond donors (Lipinski definition) is 0. The highest BCUT2D eigenvalue weighted by Gasteiger charge is 2.29. The van der Waals surface area contributed by atoms with Gasteiger partial charge in [-0.1, -0.05) is 6.58 Å². The first-order chi connectivity index (χ1) is 8.98. The van der Waals surface area contributed by atoms with Gasteiger partial charge in [-0.15, -0.1) is 0 Å². The molecule has 0 atom stereocenters. The SMILES string of the molecule is C=C1C=Cc2cc3c(cc2O1)OC(C)(C)C=C3OC. The Kier molecular flexibility index (Phi) is 2.45. The molecule has 0 N–H and O–H groups in total. The third-order valence-electron chi connectivity index (χ3n) is 3.14. The largest absolute Gasteiger partial charge is 0.496 e. The predicted molar refractivity (Wildman–Crippen MR) is 74.9 cm³/mol. The minimum Gasteiger partial charge on any atom is -0.496 e. The van der Waals surface area contributed by atoms with Crippen LogP contribution in [0, 0.1) is 0 Å². The van der Waals surface area contributed by atoms with Crippen LogP contribution in [0.1, 0.15) is 25.0 Å². The number of methoxy groups -OCH3 is 1. The van der Waals surface area contributed by atoms with Gasteiger partial charge in [0, 0.05) is 17.7 Å². The molecule has 0 fully saturated rings. The summed E-state index contributed by atoms with van der Waals surface area (Å²) in [6, 6.07) is 3.91. The van der Waals surface area contributed by atoms with Crippen molar-refractivity contribution in [3.05, 3.63) is 47.7 Å². The van der Waals surface area contributed by atoms with E-state index in [0.717, 1.165) is 28.4 Å². The van der Waals surface area contributed by atoms with E-state index in [9.17, 15) is 0 Å². The third-order valence-corrected chi connectivity index (χ3v) is 3.14. The van der Waals surface area contributed by atoms with E-state index >= 15 is 0 Å². The second kappa shape index (κ2) is 3.92. The van der Waals surface area contributed by atoms with Crippen molar-refractivity contribution in [2.75, 3.05) is 7.11 Å². The number of hydrogen-bond acceptors (Lipinski definition) is 3. The molecular formula is C16H16O3. The van der Waals surface area contributed by atoms with Crippen LogP contribution >= 0.6 is 0 Å². The van der Waals surface area contributed by atoms with Crippen LogP contribution in [0.4, 0.5) is 0 Å². The van der Waals surface area contributed by atoms with Gasteiger partial charge >= 0.3 is 0 Å². The summed E-state index contributed by atoms with van der Waals surface area (Å²) in [6.07, 6.45) is 5.81. The number of allylic oxidation sites excluding steroid dienone is 1. The van der Waals surface area contributed by atoms with Gasteiger partial charge in [-0.25, -0.2) is 0 Å². The van der Waals surface area contributed by atoms with Crippen molar-refractivity contribution in [2.45, 2.75) is 19.4 Å². The average molecular weight is 256 g/mol. The van der Waals surface area contributed by atoms with E-state index in [1.165, 1.54) is 0 Å². The molecule has 2 aliphatic heterocycles. The summed E-state index contributed by atoms with van der Waals surface area (Å²) >= 11 is 0. The molecule has 1 aromatic rings. The minimum absolute atomic E-state index is 0.395. The molecule has 0 spiro atoms. The molecule has 0 saturated carbocycles. The predicted octanol–water partition coefficient (Wildman–Crippen LogP) is 3.76. The summed E-state index contributed by atoms with van der Waals surface area (Å²) in [7, 11) is 1.67. The van der Waals surface area contributed by atoms with Crippen LogP contribution in [0.5, 0.6) is 11.5 Å². The Labute approximate surface area is 112 Å². The van der Waals surface area contributed by atoms with Crippen molar-refractivity contribution in [3.63, 3.8) is 0 Å². The van der Waals surface area contributed by atoms with E-state index in [1.54, 1.807) is 7.11 Å². The topological polar surface area (TPSA) is 27.7 Å². The molecule has 98 valence electrons. The summed E-state index contributed by atoms with van der Waals surface area (Å²) in [6.45, 7) is 7.79. The zero-order valence-electron chi connectivity index (χ0n) is 11.3. The lowest BCUT2D eigenvalue weighted by Gasteiger charge is -2.31. The van der Waals surface area contributed by atoms with Gasteiger partial charge in [-0.05, 0) is 32.1 Å². The molecule has 3 heteroatoms. The highest BCUT2D eigenvalue weighted by atomic mass is 16.5. The van der Waals surface area contributed by atoms with Crippen LogP contribution < -0.4 is 9.47 Å². The van der Waals surface area contributed by atoms with E-state index in [4.69, 9.17) is 14.2 Å². The summed E-state index contributed by atoms with van der Waals surface area (Å²) in [5, 5.41) is 0. The molecule has 19 heavy (non-hydrogen) atoms. The highest BCUT2D eigenvalue weighted by Crippen LogP contribution is 2.42. The van der Waals surface area contributed by atoms with Gasteiger partial charge in [0.25, 0.3) is 0 Å². The Morgan fingerprint density at radius 3 is 2.68 bits per heavy atom. The maximum absolute atomic E-state index is 5.96. The lowest BCUT2D eigenvalue weighted by molar-refractivity contribution is 0.151. The van der Waals surface area contributed by atoms with Gasteiger partial charge in [0.1, 0.15) is 28.6 Å². The molecule has 0 bridgehead atoms. The smallest absolute Gasteiger partial charge is 0.138 e. The molecule has 0 saturated heterocycles. The summed E-state index contributed by atoms with van der Waals surface area (Å²) < 4.78 is 17.0. The molecule has 3 rings (SSSR count). The van der Waals surface area contributed by atoms with Gasteiger partial charge in [0.15, 0.2) is 0 Å². The first-order valence-electron chi connectivity index (χ1n) is 6.18. The van der Waals surface area contributed by atoms with Crippen molar-refractivity contribution < 1.29 is 14.2 Å². The Morgan fingerprint density at radius 1 is 1.16 bits per heavy atom. The van der Waals surface area contributed by atoms with Gasteiger partial charge in [0.05, 0.1) is 12.7 Å². The van der Waals surface area contributed by atoms with Crippen LogP contribution in [0.15, 0.2) is 36.6 Å². The molecule has 0 aromatic heterocycles. The van der Waals surface area contributed by atoms with E-state index < -0.39 is 5.60 Å². The van der Waals surface area contributed by atoms with Gasteiger partial charge in [-0.2, -0.15) is 0 Å². The Bertz CT molecular complexity index is 621. The number of fused-ring (bicyclic) bond motifs is 2. The van der Waals surface area contributed by atoms with Crippen molar-refractivity contribution >= 4 is 11.8 Å². The van der Waals surface area contributed by atoms with Crippen molar-refractivity contribution in [3.8, 4) is 11.5 Å². The number of rotatable bonds is 1. The van der Waals surface area contributed by atoms with Gasteiger partial charge in [0.2, 0.25) is 0 Å². The fourth-order valence-corrected chi connectivity index (χ4v) is 2.31. The Balaban J connectivity index is 2.16. The first-order valence-corrected chi connectivity index (χ1v) is 6.18. The Morgan fingerprint density at radius 2 is 1.95 bits per heavy atom. The van der Waals surface area contributed by atoms with Crippen molar-refractivity contribution in [1.29, 1.82) is 0 Å². The second-order valence-electron chi connectivity index (χ2n) is 5.21. The molecule has 1 aromatic carbocycles. The number of benzene rings is 1. The van der Waals surface area contributed by atoms with Crippen LogP contribution in [-0.4, -0.2) is 12.7 Å². The van der Waals surface area contributed by atoms with Crippen LogP contribution in [0.2, 0.25) is 0 Å². The molecule has 0 unspecified atom stereocenters. The van der Waals surface area contributed by atoms with Crippen LogP contribution in [0.25, 0.3) is 11.8 Å². The molecule has 2 aliphatic rings. The third kappa shape index (κ3) is 2.01. The molecule has 0 radical (unpaired) electrons. The summed E-state index contributed by atoms with van der Waals surface area (Å²) in [5.74, 6) is 2.99. The summed E-state index contributed by atoms with van der Waals surface area (Å²) in [4.78, 5) is 0. The fourth-order valence-electron chi connectivity index (χ4n) is 2.31. The zero-order chi connectivity index (χ0) is 13.6. The molecular weight excluding hydrogens is 240 g/mol. The van der Waals surface area contributed by atoms with E-state index in [-0.39, 0.29) is 0 Å². The lowest BCUT2D eigenvalue weighted by Crippen LogP contribution is -2.29. The molecule has 3 nitrogen and oxygen atoms in total. The molecule has 0 amide bonds. The normalized spacial score (nSPS) is 18.7. The Hall–Kier alpha value is -2.16. The summed E-state index contributed by atoms with van der Waals surface area (Å²) in [5.41, 5.74) is 1.55. The van der Waals surface area contributed by atoms with Gasteiger partial charge in [-0.3, -0.25) is 0 Å². The number of ether oxygens (including phenoxy) is 3. The minimum atomic E-state index is -0.395.